The Bertz CT molecular complexity index is 838. The third-order valence-corrected chi connectivity index (χ3v) is 5.93. The minimum atomic E-state index is -0.332. The van der Waals surface area contributed by atoms with Crippen molar-refractivity contribution in [3.05, 3.63) is 62.5 Å². The van der Waals surface area contributed by atoms with Crippen LogP contribution in [0.5, 0.6) is 5.75 Å². The van der Waals surface area contributed by atoms with Crippen LogP contribution in [0.3, 0.4) is 0 Å². The van der Waals surface area contributed by atoms with Gasteiger partial charge >= 0.3 is 0 Å². The molecular weight excluding hydrogens is 460 g/mol. The number of hydrogen-bond donors (Lipinski definition) is 1. The summed E-state index contributed by atoms with van der Waals surface area (Å²) in [7, 11) is 1.94. The van der Waals surface area contributed by atoms with Gasteiger partial charge in [0.1, 0.15) is 18.0 Å². The molecule has 6 heteroatoms. The molecule has 1 aliphatic carbocycles. The predicted octanol–water partition coefficient (Wildman–Crippen LogP) is 4.85. The fourth-order valence-corrected chi connectivity index (χ4v) is 4.11. The van der Waals surface area contributed by atoms with Crippen LogP contribution in [0.25, 0.3) is 0 Å². The van der Waals surface area contributed by atoms with Crippen molar-refractivity contribution in [2.45, 2.75) is 18.4 Å². The summed E-state index contributed by atoms with van der Waals surface area (Å²) in [6, 6.07) is 14.5. The highest BCUT2D eigenvalue weighted by Gasteiger charge is 2.64. The highest BCUT2D eigenvalue weighted by atomic mass is 79.9. The summed E-state index contributed by atoms with van der Waals surface area (Å²) in [4.78, 5) is 5.63. The van der Waals surface area contributed by atoms with E-state index in [1.54, 1.807) is 0 Å². The van der Waals surface area contributed by atoms with Gasteiger partial charge in [0.15, 0.2) is 0 Å². The second kappa shape index (κ2) is 7.33. The van der Waals surface area contributed by atoms with Gasteiger partial charge in [0.05, 0.1) is 11.6 Å². The number of halogens is 2. The van der Waals surface area contributed by atoms with Gasteiger partial charge in [-0.05, 0) is 55.9 Å². The Morgan fingerprint density at radius 1 is 1.19 bits per heavy atom. The molecule has 2 atom stereocenters. The van der Waals surface area contributed by atoms with Crippen LogP contribution in [0, 0.1) is 5.92 Å². The van der Waals surface area contributed by atoms with E-state index in [0.717, 1.165) is 45.4 Å². The van der Waals surface area contributed by atoms with Crippen LogP contribution in [0.15, 0.2) is 56.6 Å². The first-order valence-corrected chi connectivity index (χ1v) is 10.3. The van der Waals surface area contributed by atoms with E-state index in [9.17, 15) is 0 Å². The van der Waals surface area contributed by atoms with Crippen molar-refractivity contribution in [1.29, 1.82) is 0 Å². The molecule has 2 aromatic carbocycles. The van der Waals surface area contributed by atoms with Crippen molar-refractivity contribution < 1.29 is 9.57 Å². The maximum absolute atomic E-state index is 6.48. The van der Waals surface area contributed by atoms with Crippen LogP contribution in [0.4, 0.5) is 0 Å². The summed E-state index contributed by atoms with van der Waals surface area (Å²) in [5.74, 6) is 1.08. The summed E-state index contributed by atoms with van der Waals surface area (Å²) in [6.45, 7) is 1.53. The first-order valence-electron chi connectivity index (χ1n) is 8.73. The molecule has 26 heavy (non-hydrogen) atoms. The summed E-state index contributed by atoms with van der Waals surface area (Å²) in [5, 5.41) is 7.64. The van der Waals surface area contributed by atoms with Gasteiger partial charge in [-0.15, -0.1) is 0 Å². The smallest absolute Gasteiger partial charge is 0.143 e. The van der Waals surface area contributed by atoms with Gasteiger partial charge in [-0.3, -0.25) is 0 Å². The number of nitrogens with one attached hydrogen (secondary N) is 1. The number of nitrogens with zero attached hydrogens (tertiary/aromatic N) is 1. The lowest BCUT2D eigenvalue weighted by Gasteiger charge is -2.27. The van der Waals surface area contributed by atoms with E-state index in [0.29, 0.717) is 6.61 Å². The fourth-order valence-electron chi connectivity index (χ4n) is 3.50. The molecule has 0 saturated heterocycles. The minimum absolute atomic E-state index is 0.224. The molecule has 1 saturated carbocycles. The molecule has 4 rings (SSSR count). The summed E-state index contributed by atoms with van der Waals surface area (Å²) >= 11 is 7.05. The monoisotopic (exact) mass is 478 g/mol. The van der Waals surface area contributed by atoms with E-state index in [-0.39, 0.29) is 11.5 Å². The molecular formula is C20H20Br2N2O2. The van der Waals surface area contributed by atoms with E-state index in [1.807, 2.05) is 19.2 Å². The van der Waals surface area contributed by atoms with Gasteiger partial charge in [-0.2, -0.15) is 0 Å². The van der Waals surface area contributed by atoms with Crippen molar-refractivity contribution in [2.75, 3.05) is 20.2 Å². The van der Waals surface area contributed by atoms with E-state index in [4.69, 9.17) is 9.57 Å². The first-order chi connectivity index (χ1) is 12.6. The molecule has 0 radical (unpaired) electrons. The Balaban J connectivity index is 1.66. The first kappa shape index (κ1) is 18.0. The minimum Gasteiger partial charge on any atom is -0.481 e. The fraction of sp³-hybridized carbons (Fsp3) is 0.350. The number of oxime groups is 1. The van der Waals surface area contributed by atoms with Crippen molar-refractivity contribution in [2.24, 2.45) is 11.1 Å². The molecule has 0 amide bonds. The second-order valence-electron chi connectivity index (χ2n) is 6.66. The molecule has 1 heterocycles. The van der Waals surface area contributed by atoms with Gasteiger partial charge in [-0.1, -0.05) is 49.1 Å². The Hall–Kier alpha value is -1.37. The van der Waals surface area contributed by atoms with E-state index >= 15 is 0 Å². The SMILES string of the molecule is CNCCCON=C1c2ccc(Br)cc2OC2(c3ccc(Br)cc3)CC12. The zero-order valence-electron chi connectivity index (χ0n) is 14.5. The molecule has 0 aromatic heterocycles. The maximum atomic E-state index is 6.48. The Morgan fingerprint density at radius 3 is 2.73 bits per heavy atom. The molecule has 2 unspecified atom stereocenters. The normalized spacial score (nSPS) is 24.6. The van der Waals surface area contributed by atoms with Gasteiger partial charge in [0.2, 0.25) is 0 Å². The van der Waals surface area contributed by atoms with Gasteiger partial charge in [0, 0.05) is 20.9 Å². The quantitative estimate of drug-likeness (QED) is 0.475. The van der Waals surface area contributed by atoms with Crippen LogP contribution in [0.2, 0.25) is 0 Å². The van der Waals surface area contributed by atoms with E-state index in [1.165, 1.54) is 5.56 Å². The largest absolute Gasteiger partial charge is 0.481 e. The molecule has 0 bridgehead atoms. The van der Waals surface area contributed by atoms with Crippen molar-refractivity contribution in [3.8, 4) is 5.75 Å². The van der Waals surface area contributed by atoms with Gasteiger partial charge in [0.25, 0.3) is 0 Å². The van der Waals surface area contributed by atoms with Crippen LogP contribution in [0.1, 0.15) is 24.0 Å². The number of rotatable bonds is 6. The third kappa shape index (κ3) is 3.30. The Labute approximate surface area is 170 Å². The second-order valence-corrected chi connectivity index (χ2v) is 8.49. The van der Waals surface area contributed by atoms with E-state index in [2.05, 4.69) is 72.7 Å². The van der Waals surface area contributed by atoms with Gasteiger partial charge < -0.3 is 14.9 Å². The number of fused-ring (bicyclic) bond motifs is 2. The van der Waals surface area contributed by atoms with Crippen LogP contribution in [-0.2, 0) is 10.4 Å². The average Bonchev–Trinajstić information content (AvgIpc) is 3.36. The molecule has 1 fully saturated rings. The molecule has 136 valence electrons. The topological polar surface area (TPSA) is 42.8 Å². The lowest BCUT2D eigenvalue weighted by Crippen LogP contribution is -2.28. The van der Waals surface area contributed by atoms with Crippen molar-refractivity contribution >= 4 is 37.6 Å². The predicted molar refractivity (Wildman–Crippen MR) is 110 cm³/mol. The Morgan fingerprint density at radius 2 is 1.96 bits per heavy atom. The molecule has 0 spiro atoms. The molecule has 2 aromatic rings. The molecule has 2 aliphatic rings. The highest BCUT2D eigenvalue weighted by Crippen LogP contribution is 2.60. The summed E-state index contributed by atoms with van der Waals surface area (Å²) < 4.78 is 8.54. The number of hydrogen-bond acceptors (Lipinski definition) is 4. The third-order valence-electron chi connectivity index (χ3n) is 4.91. The van der Waals surface area contributed by atoms with E-state index < -0.39 is 0 Å². The zero-order chi connectivity index (χ0) is 18.1. The number of benzene rings is 2. The highest BCUT2D eigenvalue weighted by molar-refractivity contribution is 9.10. The van der Waals surface area contributed by atoms with Crippen molar-refractivity contribution in [1.82, 2.24) is 5.32 Å². The Kier molecular flexibility index (Phi) is 5.08. The number of ether oxygens (including phenoxy) is 1. The summed E-state index contributed by atoms with van der Waals surface area (Å²) in [6.07, 6.45) is 1.85. The summed E-state index contributed by atoms with van der Waals surface area (Å²) in [5.41, 5.74) is 2.86. The van der Waals surface area contributed by atoms with Crippen LogP contribution in [-0.4, -0.2) is 25.9 Å². The maximum Gasteiger partial charge on any atom is 0.143 e. The average molecular weight is 480 g/mol. The van der Waals surface area contributed by atoms with Crippen LogP contribution >= 0.6 is 31.9 Å². The molecule has 4 nitrogen and oxygen atoms in total. The van der Waals surface area contributed by atoms with Gasteiger partial charge in [-0.25, -0.2) is 0 Å². The molecule has 1 N–H and O–H groups in total. The lowest BCUT2D eigenvalue weighted by molar-refractivity contribution is 0.134. The lowest BCUT2D eigenvalue weighted by atomic mass is 9.96. The van der Waals surface area contributed by atoms with Crippen molar-refractivity contribution in [3.63, 3.8) is 0 Å². The molecule has 1 aliphatic heterocycles. The zero-order valence-corrected chi connectivity index (χ0v) is 17.6. The van der Waals surface area contributed by atoms with Crippen LogP contribution < -0.4 is 10.1 Å². The standard InChI is InChI=1S/C20H20Br2N2O2/c1-23-9-2-10-25-24-19-16-8-7-15(22)11-18(16)26-20(12-17(19)20)13-3-5-14(21)6-4-13/h3-8,11,17,23H,2,9-10,12H2,1H3.